The molecular weight excluding hydrogens is 961 g/mol. The molecule has 6 heteroatoms. The molecule has 0 aliphatic carbocycles. The van der Waals surface area contributed by atoms with Crippen LogP contribution in [0.4, 0.5) is 0 Å². The molecule has 11 aromatic carbocycles. The Morgan fingerprint density at radius 3 is 1.11 bits per heavy atom. The van der Waals surface area contributed by atoms with Gasteiger partial charge in [0.25, 0.3) is 0 Å². The van der Waals surface area contributed by atoms with Crippen molar-refractivity contribution in [2.45, 2.75) is 0 Å². The second-order valence-corrected chi connectivity index (χ2v) is 20.0. The molecule has 0 saturated heterocycles. The van der Waals surface area contributed by atoms with Gasteiger partial charge in [-0.3, -0.25) is 4.57 Å². The molecule has 0 aliphatic heterocycles. The van der Waals surface area contributed by atoms with Gasteiger partial charge in [0.1, 0.15) is 12.1 Å². The van der Waals surface area contributed by atoms with Gasteiger partial charge in [0.05, 0.1) is 61.3 Å². The monoisotopic (exact) mass is 1000 g/mol. The highest BCUT2D eigenvalue weighted by molar-refractivity contribution is 6.16. The first-order valence-electron chi connectivity index (χ1n) is 26.5. The molecule has 6 nitrogen and oxygen atoms in total. The molecule has 4 aromatic heterocycles. The van der Waals surface area contributed by atoms with E-state index in [1.54, 1.807) is 6.07 Å². The van der Waals surface area contributed by atoms with E-state index in [0.717, 1.165) is 121 Å². The highest BCUT2D eigenvalue weighted by Crippen LogP contribution is 2.50. The van der Waals surface area contributed by atoms with Crippen molar-refractivity contribution in [2.24, 2.45) is 0 Å². The van der Waals surface area contributed by atoms with E-state index >= 15 is 0 Å². The molecule has 0 atom stereocenters. The summed E-state index contributed by atoms with van der Waals surface area (Å²) in [5.41, 5.74) is 17.5. The van der Waals surface area contributed by atoms with Gasteiger partial charge in [-0.25, -0.2) is 4.98 Å². The maximum Gasteiger partial charge on any atom is 0.163 e. The van der Waals surface area contributed by atoms with Crippen LogP contribution in [0, 0.1) is 22.7 Å². The topological polar surface area (TPSA) is 75.3 Å². The number of rotatable bonds is 8. The van der Waals surface area contributed by atoms with E-state index < -0.39 is 0 Å². The molecule has 4 heterocycles. The van der Waals surface area contributed by atoms with Crippen LogP contribution in [-0.2, 0) is 0 Å². The van der Waals surface area contributed by atoms with E-state index in [4.69, 9.17) is 4.98 Å². The summed E-state index contributed by atoms with van der Waals surface area (Å²) in [6, 6.07) is 98.6. The minimum absolute atomic E-state index is 0.276. The molecule has 0 spiro atoms. The third-order valence-corrected chi connectivity index (χ3v) is 15.7. The summed E-state index contributed by atoms with van der Waals surface area (Å²) in [6.45, 7) is 0. The Bertz CT molecular complexity index is 5010. The normalized spacial score (nSPS) is 11.5. The molecule has 0 radical (unpaired) electrons. The predicted molar refractivity (Wildman–Crippen MR) is 324 cm³/mol. The Balaban J connectivity index is 1.20. The summed E-state index contributed by atoms with van der Waals surface area (Å²) < 4.78 is 7.05. The second-order valence-electron chi connectivity index (χ2n) is 20.0. The van der Waals surface area contributed by atoms with E-state index in [-0.39, 0.29) is 11.1 Å². The number of hydrogen-bond acceptors (Lipinski definition) is 3. The smallest absolute Gasteiger partial charge is 0.163 e. The lowest BCUT2D eigenvalue weighted by Gasteiger charge is -2.26. The molecule has 0 unspecified atom stereocenters. The molecule has 79 heavy (non-hydrogen) atoms. The lowest BCUT2D eigenvalue weighted by molar-refractivity contribution is 1.01. The van der Waals surface area contributed by atoms with E-state index in [0.29, 0.717) is 17.1 Å². The highest BCUT2D eigenvalue weighted by atomic mass is 15.1. The molecule has 15 aromatic rings. The maximum absolute atomic E-state index is 11.6. The van der Waals surface area contributed by atoms with E-state index in [1.807, 2.05) is 30.3 Å². The van der Waals surface area contributed by atoms with Gasteiger partial charge in [0, 0.05) is 49.0 Å². The van der Waals surface area contributed by atoms with Crippen LogP contribution in [-0.4, -0.2) is 18.7 Å². The third-order valence-electron chi connectivity index (χ3n) is 15.7. The molecule has 0 N–H and O–H groups in total. The first-order chi connectivity index (χ1) is 39.1. The number of hydrogen-bond donors (Lipinski definition) is 0. The van der Waals surface area contributed by atoms with E-state index in [2.05, 4.69) is 256 Å². The van der Waals surface area contributed by atoms with Crippen LogP contribution in [0.25, 0.3) is 138 Å². The lowest BCUT2D eigenvalue weighted by atomic mass is 9.91. The number of benzene rings is 11. The van der Waals surface area contributed by atoms with Gasteiger partial charge in [-0.1, -0.05) is 206 Å². The average Bonchev–Trinajstić information content (AvgIpc) is 4.29. The Morgan fingerprint density at radius 1 is 0.291 bits per heavy atom. The van der Waals surface area contributed by atoms with Crippen LogP contribution in [0.2, 0.25) is 0 Å². The van der Waals surface area contributed by atoms with Crippen molar-refractivity contribution in [2.75, 3.05) is 0 Å². The van der Waals surface area contributed by atoms with E-state index in [1.165, 1.54) is 0 Å². The quantitative estimate of drug-likeness (QED) is 0.152. The first-order valence-corrected chi connectivity index (χ1v) is 26.5. The predicted octanol–water partition coefficient (Wildman–Crippen LogP) is 18.5. The van der Waals surface area contributed by atoms with Crippen molar-refractivity contribution in [3.8, 4) is 85.1 Å². The summed E-state index contributed by atoms with van der Waals surface area (Å²) in [5, 5.41) is 29.0. The summed E-state index contributed by atoms with van der Waals surface area (Å²) in [4.78, 5) is 6.19. The summed E-state index contributed by atoms with van der Waals surface area (Å²) in [7, 11) is 0. The number of aromatic nitrogens is 4. The lowest BCUT2D eigenvalue weighted by Crippen LogP contribution is -2.14. The van der Waals surface area contributed by atoms with Crippen molar-refractivity contribution in [3.63, 3.8) is 0 Å². The fourth-order valence-electron chi connectivity index (χ4n) is 12.2. The summed E-state index contributed by atoms with van der Waals surface area (Å²) >= 11 is 0. The van der Waals surface area contributed by atoms with Crippen molar-refractivity contribution in [3.05, 3.63) is 278 Å². The Morgan fingerprint density at radius 2 is 0.671 bits per heavy atom. The molecular formula is C73H44N6. The molecule has 0 aliphatic rings. The Kier molecular flexibility index (Phi) is 10.5. The highest BCUT2D eigenvalue weighted by Gasteiger charge is 2.33. The molecule has 0 fully saturated rings. The van der Waals surface area contributed by atoms with Crippen molar-refractivity contribution >= 4 is 65.4 Å². The SMILES string of the molecule is N#Cc1cccc(-c2c(-n3c4ccccc4c4cc(-c5ccccc5)ccc43)c(-c3ccccc3)nc(-n3c4ccccc4c4cc(-c5ccccc5)ccc43)c2-n2c3ccccc3c3cc(-c4ccccc4)ccc32)c1C#N. The number of pyridine rings is 1. The molecule has 0 bridgehead atoms. The van der Waals surface area contributed by atoms with Gasteiger partial charge >= 0.3 is 0 Å². The van der Waals surface area contributed by atoms with E-state index in [9.17, 15) is 10.5 Å². The fourth-order valence-corrected chi connectivity index (χ4v) is 12.2. The van der Waals surface area contributed by atoms with Crippen LogP contribution >= 0.6 is 0 Å². The number of nitrogens with zero attached hydrogens (tertiary/aromatic N) is 6. The molecule has 366 valence electrons. The minimum Gasteiger partial charge on any atom is -0.306 e. The van der Waals surface area contributed by atoms with Crippen molar-refractivity contribution in [1.29, 1.82) is 10.5 Å². The number of nitriles is 2. The second kappa shape index (κ2) is 18.4. The molecule has 0 saturated carbocycles. The third kappa shape index (κ3) is 7.14. The molecule has 15 rings (SSSR count). The van der Waals surface area contributed by atoms with Gasteiger partial charge in [-0.2, -0.15) is 10.5 Å². The first kappa shape index (κ1) is 45.4. The standard InChI is InChI=1S/C73H44N6/c74-45-54-28-19-32-58(62(54)46-75)69-71(77-63-33-16-13-29-55(63)59-42-51(36-39-66(59)77)47-20-5-1-6-21-47)70(50-26-11-4-12-27-50)76-73(79-65-35-18-15-31-57(65)61-44-53(38-41-68(61)79)49-24-9-3-10-25-49)72(69)78-64-34-17-14-30-56(64)60-43-52(37-40-67(60)78)48-22-7-2-8-23-48/h1-44H. The van der Waals surface area contributed by atoms with Crippen LogP contribution in [0.3, 0.4) is 0 Å². The zero-order chi connectivity index (χ0) is 52.6. The van der Waals surface area contributed by atoms with Gasteiger partial charge in [0.15, 0.2) is 5.82 Å². The van der Waals surface area contributed by atoms with Crippen LogP contribution in [0.5, 0.6) is 0 Å². The van der Waals surface area contributed by atoms with Gasteiger partial charge in [0.2, 0.25) is 0 Å². The van der Waals surface area contributed by atoms with Gasteiger partial charge < -0.3 is 9.13 Å². The Hall–Kier alpha value is -11.1. The van der Waals surface area contributed by atoms with Crippen LogP contribution < -0.4 is 0 Å². The van der Waals surface area contributed by atoms with Gasteiger partial charge in [-0.05, 0) is 94.0 Å². The number of para-hydroxylation sites is 3. The van der Waals surface area contributed by atoms with Crippen LogP contribution in [0.1, 0.15) is 11.1 Å². The van der Waals surface area contributed by atoms with Crippen molar-refractivity contribution < 1.29 is 0 Å². The largest absolute Gasteiger partial charge is 0.306 e. The minimum atomic E-state index is 0.276. The van der Waals surface area contributed by atoms with Gasteiger partial charge in [-0.15, -0.1) is 0 Å². The maximum atomic E-state index is 11.6. The number of fused-ring (bicyclic) bond motifs is 9. The summed E-state index contributed by atoms with van der Waals surface area (Å²) in [5.74, 6) is 0.657. The fraction of sp³-hybridized carbons (Fsp3) is 0. The van der Waals surface area contributed by atoms with Crippen molar-refractivity contribution in [1.82, 2.24) is 18.7 Å². The Labute approximate surface area is 455 Å². The van der Waals surface area contributed by atoms with Crippen LogP contribution in [0.15, 0.2) is 267 Å². The average molecular weight is 1010 g/mol. The summed E-state index contributed by atoms with van der Waals surface area (Å²) in [6.07, 6.45) is 0. The zero-order valence-electron chi connectivity index (χ0n) is 42.6. The molecule has 0 amide bonds. The zero-order valence-corrected chi connectivity index (χ0v) is 42.6.